The van der Waals surface area contributed by atoms with E-state index in [0.717, 1.165) is 55.1 Å². The molecule has 2 fully saturated rings. The molecule has 10 heteroatoms. The zero-order chi connectivity index (χ0) is 27.5. The Morgan fingerprint density at radius 2 is 1.85 bits per heavy atom. The number of hydrogen-bond donors (Lipinski definition) is 4. The standard InChI is InChI=1S/C29H39N7O3/c1-17-12-14-19(15-13-17)16-36-22-25(31-18(2)20-10-7-11-20)33-27(24(30)32-29(37)38)34-26(22)35-28(36)23(39-3)21-8-5-4-6-9-21/h4-6,8-9,17-20,23H,7,10-16H2,1-3H3,(H2,30,32)(H,37,38)(H,31,33,34)/t17?,18-,19?,23?/m1/s1. The highest BCUT2D eigenvalue weighted by molar-refractivity contribution is 6.03. The highest BCUT2D eigenvalue weighted by Crippen LogP contribution is 2.36. The summed E-state index contributed by atoms with van der Waals surface area (Å²) in [4.78, 5) is 25.5. The minimum atomic E-state index is -1.33. The van der Waals surface area contributed by atoms with Crippen molar-refractivity contribution in [1.29, 1.82) is 5.41 Å². The van der Waals surface area contributed by atoms with Crippen LogP contribution >= 0.6 is 0 Å². The Bertz CT molecular complexity index is 1310. The molecular weight excluding hydrogens is 494 g/mol. The van der Waals surface area contributed by atoms with Crippen LogP contribution in [0.4, 0.5) is 10.6 Å². The third kappa shape index (κ3) is 5.90. The lowest BCUT2D eigenvalue weighted by molar-refractivity contribution is 0.124. The molecule has 0 radical (unpaired) electrons. The van der Waals surface area contributed by atoms with Gasteiger partial charge in [-0.15, -0.1) is 0 Å². The molecule has 1 amide bonds. The summed E-state index contributed by atoms with van der Waals surface area (Å²) in [5.41, 5.74) is 2.19. The van der Waals surface area contributed by atoms with Crippen molar-refractivity contribution < 1.29 is 14.6 Å². The van der Waals surface area contributed by atoms with Gasteiger partial charge in [-0.25, -0.2) is 19.7 Å². The van der Waals surface area contributed by atoms with Crippen LogP contribution in [0.3, 0.4) is 0 Å². The second kappa shape index (κ2) is 11.7. The summed E-state index contributed by atoms with van der Waals surface area (Å²) in [5, 5.41) is 23.2. The number of nitrogens with one attached hydrogen (secondary N) is 3. The van der Waals surface area contributed by atoms with Crippen LogP contribution < -0.4 is 10.6 Å². The number of methoxy groups -OCH3 is 1. The van der Waals surface area contributed by atoms with Crippen LogP contribution in [0.1, 0.15) is 82.1 Å². The maximum Gasteiger partial charge on any atom is 0.410 e. The molecule has 2 atom stereocenters. The predicted octanol–water partition coefficient (Wildman–Crippen LogP) is 5.58. The lowest BCUT2D eigenvalue weighted by Crippen LogP contribution is -2.33. The molecule has 0 bridgehead atoms. The number of amidine groups is 1. The van der Waals surface area contributed by atoms with Crippen molar-refractivity contribution in [3.63, 3.8) is 0 Å². The summed E-state index contributed by atoms with van der Waals surface area (Å²) in [6, 6.07) is 10.2. The molecule has 2 aliphatic carbocycles. The molecule has 208 valence electrons. The number of aromatic nitrogens is 4. The van der Waals surface area contributed by atoms with Gasteiger partial charge in [0.2, 0.25) is 0 Å². The summed E-state index contributed by atoms with van der Waals surface area (Å²) in [6.07, 6.45) is 6.52. The van der Waals surface area contributed by atoms with Crippen LogP contribution in [0.2, 0.25) is 0 Å². The fourth-order valence-electron chi connectivity index (χ4n) is 5.87. The van der Waals surface area contributed by atoms with Crippen molar-refractivity contribution in [3.8, 4) is 0 Å². The Hall–Kier alpha value is -3.53. The molecule has 2 aliphatic rings. The molecule has 0 aliphatic heterocycles. The molecule has 3 aromatic rings. The monoisotopic (exact) mass is 533 g/mol. The first-order valence-corrected chi connectivity index (χ1v) is 14.0. The van der Waals surface area contributed by atoms with Crippen LogP contribution in [0.5, 0.6) is 0 Å². The van der Waals surface area contributed by atoms with Gasteiger partial charge in [-0.3, -0.25) is 10.7 Å². The topological polar surface area (TPSA) is 138 Å². The fourth-order valence-corrected chi connectivity index (χ4v) is 5.87. The van der Waals surface area contributed by atoms with E-state index in [0.29, 0.717) is 23.3 Å². The number of hydrogen-bond acceptors (Lipinski definition) is 7. The number of carbonyl (C=O) groups is 1. The largest absolute Gasteiger partial charge is 0.465 e. The Balaban J connectivity index is 1.65. The fraction of sp³-hybridized carbons (Fsp3) is 0.552. The van der Waals surface area contributed by atoms with Gasteiger partial charge in [-0.05, 0) is 55.9 Å². The molecule has 2 aromatic heterocycles. The SMILES string of the molecule is COC(c1ccccc1)c1nc2nc(C(=N)NC(=O)O)nc(N[C@H](C)C3CCC3)c2n1CC1CCC(C)CC1. The van der Waals surface area contributed by atoms with Gasteiger partial charge >= 0.3 is 6.09 Å². The van der Waals surface area contributed by atoms with Crippen molar-refractivity contribution >= 4 is 28.9 Å². The number of amides is 1. The minimum Gasteiger partial charge on any atom is -0.465 e. The van der Waals surface area contributed by atoms with Gasteiger partial charge in [0.1, 0.15) is 17.4 Å². The van der Waals surface area contributed by atoms with Crippen LogP contribution in [0, 0.1) is 23.2 Å². The van der Waals surface area contributed by atoms with Gasteiger partial charge in [-0.1, -0.05) is 56.5 Å². The first-order valence-electron chi connectivity index (χ1n) is 14.0. The number of imidazole rings is 1. The third-order valence-electron chi connectivity index (χ3n) is 8.46. The highest BCUT2D eigenvalue weighted by Gasteiger charge is 2.30. The normalized spacial score (nSPS) is 21.2. The number of anilines is 1. The van der Waals surface area contributed by atoms with E-state index >= 15 is 0 Å². The maximum atomic E-state index is 11.3. The van der Waals surface area contributed by atoms with Gasteiger partial charge < -0.3 is 19.7 Å². The van der Waals surface area contributed by atoms with E-state index in [1.165, 1.54) is 19.3 Å². The van der Waals surface area contributed by atoms with Crippen molar-refractivity contribution in [1.82, 2.24) is 24.8 Å². The van der Waals surface area contributed by atoms with Gasteiger partial charge in [0, 0.05) is 19.7 Å². The zero-order valence-electron chi connectivity index (χ0n) is 23.0. The molecular formula is C29H39N7O3. The lowest BCUT2D eigenvalue weighted by atomic mass is 9.80. The van der Waals surface area contributed by atoms with Gasteiger partial charge in [-0.2, -0.15) is 0 Å². The molecule has 5 rings (SSSR count). The number of nitrogens with zero attached hydrogens (tertiary/aromatic N) is 4. The van der Waals surface area contributed by atoms with Crippen molar-refractivity contribution in [2.45, 2.75) is 77.5 Å². The summed E-state index contributed by atoms with van der Waals surface area (Å²) in [7, 11) is 1.69. The summed E-state index contributed by atoms with van der Waals surface area (Å²) < 4.78 is 8.24. The van der Waals surface area contributed by atoms with Crippen LogP contribution in [0.25, 0.3) is 11.2 Å². The molecule has 10 nitrogen and oxygen atoms in total. The average molecular weight is 534 g/mol. The Kier molecular flexibility index (Phi) is 8.11. The Morgan fingerprint density at radius 1 is 1.13 bits per heavy atom. The number of fused-ring (bicyclic) bond motifs is 1. The molecule has 1 aromatic carbocycles. The van der Waals surface area contributed by atoms with Gasteiger partial charge in [0.25, 0.3) is 0 Å². The summed E-state index contributed by atoms with van der Waals surface area (Å²) in [6.45, 7) is 5.25. The number of ether oxygens (including phenoxy) is 1. The molecule has 39 heavy (non-hydrogen) atoms. The van der Waals surface area contributed by atoms with Crippen molar-refractivity contribution in [3.05, 3.63) is 47.5 Å². The predicted molar refractivity (Wildman–Crippen MR) is 150 cm³/mol. The average Bonchev–Trinajstić information content (AvgIpc) is 3.23. The summed E-state index contributed by atoms with van der Waals surface area (Å²) in [5.74, 6) is 2.71. The highest BCUT2D eigenvalue weighted by atomic mass is 16.5. The van der Waals surface area contributed by atoms with Crippen molar-refractivity contribution in [2.75, 3.05) is 12.4 Å². The number of carboxylic acid groups (broad SMARTS) is 1. The quantitative estimate of drug-likeness (QED) is 0.208. The van der Waals surface area contributed by atoms with Crippen LogP contribution in [-0.2, 0) is 11.3 Å². The van der Waals surface area contributed by atoms with Gasteiger partial charge in [0.05, 0.1) is 0 Å². The van der Waals surface area contributed by atoms with E-state index in [1.807, 2.05) is 30.3 Å². The third-order valence-corrected chi connectivity index (χ3v) is 8.46. The molecule has 4 N–H and O–H groups in total. The van der Waals surface area contributed by atoms with E-state index in [4.69, 9.17) is 20.1 Å². The second-order valence-corrected chi connectivity index (χ2v) is 11.2. The minimum absolute atomic E-state index is 0.00965. The molecule has 1 unspecified atom stereocenters. The van der Waals surface area contributed by atoms with Gasteiger partial charge in [0.15, 0.2) is 23.1 Å². The van der Waals surface area contributed by atoms with E-state index in [-0.39, 0.29) is 17.7 Å². The second-order valence-electron chi connectivity index (χ2n) is 11.2. The Labute approximate surface area is 229 Å². The van der Waals surface area contributed by atoms with Crippen LogP contribution in [-0.4, -0.2) is 49.7 Å². The van der Waals surface area contributed by atoms with E-state index < -0.39 is 12.2 Å². The number of benzene rings is 1. The smallest absolute Gasteiger partial charge is 0.410 e. The molecule has 2 saturated carbocycles. The number of rotatable bonds is 9. The maximum absolute atomic E-state index is 11.3. The first-order chi connectivity index (χ1) is 18.8. The van der Waals surface area contributed by atoms with E-state index in [9.17, 15) is 9.90 Å². The first kappa shape index (κ1) is 27.1. The summed E-state index contributed by atoms with van der Waals surface area (Å²) >= 11 is 0. The van der Waals surface area contributed by atoms with E-state index in [2.05, 4.69) is 34.0 Å². The Morgan fingerprint density at radius 3 is 2.46 bits per heavy atom. The van der Waals surface area contributed by atoms with Crippen molar-refractivity contribution in [2.24, 2.45) is 17.8 Å². The van der Waals surface area contributed by atoms with E-state index in [1.54, 1.807) is 7.11 Å². The zero-order valence-corrected chi connectivity index (χ0v) is 23.0. The lowest BCUT2D eigenvalue weighted by Gasteiger charge is -2.32. The molecule has 0 saturated heterocycles. The molecule has 2 heterocycles. The van der Waals surface area contributed by atoms with Crippen LogP contribution in [0.15, 0.2) is 30.3 Å². The molecule has 0 spiro atoms.